The van der Waals surface area contributed by atoms with Crippen LogP contribution in [0, 0.1) is 5.92 Å². The van der Waals surface area contributed by atoms with E-state index in [0.717, 1.165) is 16.7 Å². The fourth-order valence-electron chi connectivity index (χ4n) is 2.51. The summed E-state index contributed by atoms with van der Waals surface area (Å²) in [5, 5.41) is 1.70. The Kier molecular flexibility index (Phi) is 3.52. The van der Waals surface area contributed by atoms with Gasteiger partial charge >= 0.3 is 0 Å². The molecule has 0 spiro atoms. The largest absolute Gasteiger partial charge is 0.459 e. The van der Waals surface area contributed by atoms with E-state index in [1.54, 1.807) is 0 Å². The normalized spacial score (nSPS) is 18.7. The molecule has 2 aromatic rings. The lowest BCUT2D eigenvalue weighted by Crippen LogP contribution is -2.30. The minimum absolute atomic E-state index is 0.0565. The van der Waals surface area contributed by atoms with Crippen molar-refractivity contribution in [3.63, 3.8) is 0 Å². The molecule has 1 aliphatic carbocycles. The Bertz CT molecular complexity index is 577. The molecule has 1 saturated carbocycles. The van der Waals surface area contributed by atoms with Gasteiger partial charge in [-0.15, -0.1) is 0 Å². The monoisotopic (exact) mass is 279 g/mol. The van der Waals surface area contributed by atoms with Crippen molar-refractivity contribution >= 4 is 22.6 Å². The van der Waals surface area contributed by atoms with Crippen LogP contribution in [0.15, 0.2) is 28.7 Å². The van der Waals surface area contributed by atoms with Gasteiger partial charge in [0, 0.05) is 17.0 Å². The Morgan fingerprint density at radius 2 is 2.21 bits per heavy atom. The summed E-state index contributed by atoms with van der Waals surface area (Å²) in [6, 6.07) is 7.35. The Balaban J connectivity index is 1.89. The molecule has 3 nitrogen and oxygen atoms in total. The molecule has 1 aliphatic rings. The van der Waals surface area contributed by atoms with Gasteiger partial charge in [-0.3, -0.25) is 0 Å². The second-order valence-electron chi connectivity index (χ2n) is 5.11. The van der Waals surface area contributed by atoms with Crippen LogP contribution in [0.2, 0.25) is 5.02 Å². The SMILES string of the molecule is CCOC(C1CC1)C(N)c1cc2cc(Cl)ccc2o1. The molecule has 0 bridgehead atoms. The summed E-state index contributed by atoms with van der Waals surface area (Å²) in [6.07, 6.45) is 2.45. The summed E-state index contributed by atoms with van der Waals surface area (Å²) in [6.45, 7) is 2.68. The van der Waals surface area contributed by atoms with Crippen molar-refractivity contribution in [1.82, 2.24) is 0 Å². The summed E-state index contributed by atoms with van der Waals surface area (Å²) in [5.41, 5.74) is 7.14. The van der Waals surface area contributed by atoms with Crippen LogP contribution < -0.4 is 5.73 Å². The number of fused-ring (bicyclic) bond motifs is 1. The van der Waals surface area contributed by atoms with Gasteiger partial charge in [0.05, 0.1) is 12.1 Å². The average molecular weight is 280 g/mol. The number of hydrogen-bond donors (Lipinski definition) is 1. The van der Waals surface area contributed by atoms with Crippen LogP contribution >= 0.6 is 11.6 Å². The minimum atomic E-state index is -0.210. The average Bonchev–Trinajstić information content (AvgIpc) is 3.14. The zero-order valence-electron chi connectivity index (χ0n) is 10.9. The predicted octanol–water partition coefficient (Wildman–Crippen LogP) is 3.90. The summed E-state index contributed by atoms with van der Waals surface area (Å²) in [4.78, 5) is 0. The number of nitrogens with two attached hydrogens (primary N) is 1. The van der Waals surface area contributed by atoms with E-state index in [4.69, 9.17) is 26.5 Å². The van der Waals surface area contributed by atoms with Crippen molar-refractivity contribution in [1.29, 1.82) is 0 Å². The van der Waals surface area contributed by atoms with Crippen LogP contribution in [-0.4, -0.2) is 12.7 Å². The molecule has 1 aromatic carbocycles. The van der Waals surface area contributed by atoms with Crippen molar-refractivity contribution < 1.29 is 9.15 Å². The molecule has 0 radical (unpaired) electrons. The molecule has 3 rings (SSSR count). The molecular weight excluding hydrogens is 262 g/mol. The topological polar surface area (TPSA) is 48.4 Å². The van der Waals surface area contributed by atoms with Crippen LogP contribution in [-0.2, 0) is 4.74 Å². The summed E-state index contributed by atoms with van der Waals surface area (Å²) >= 11 is 5.98. The molecule has 2 unspecified atom stereocenters. The van der Waals surface area contributed by atoms with E-state index in [1.807, 2.05) is 31.2 Å². The molecule has 2 N–H and O–H groups in total. The molecule has 2 atom stereocenters. The van der Waals surface area contributed by atoms with E-state index < -0.39 is 0 Å². The highest BCUT2D eigenvalue weighted by Crippen LogP contribution is 2.40. The summed E-state index contributed by atoms with van der Waals surface area (Å²) < 4.78 is 11.6. The quantitative estimate of drug-likeness (QED) is 0.903. The van der Waals surface area contributed by atoms with Crippen LogP contribution in [0.25, 0.3) is 11.0 Å². The highest BCUT2D eigenvalue weighted by atomic mass is 35.5. The van der Waals surface area contributed by atoms with Crippen molar-refractivity contribution in [3.8, 4) is 0 Å². The van der Waals surface area contributed by atoms with Gasteiger partial charge in [0.1, 0.15) is 11.3 Å². The molecule has 0 aliphatic heterocycles. The Hall–Kier alpha value is -1.03. The highest BCUT2D eigenvalue weighted by Gasteiger charge is 2.37. The second-order valence-corrected chi connectivity index (χ2v) is 5.55. The van der Waals surface area contributed by atoms with Gasteiger partial charge in [0.25, 0.3) is 0 Å². The number of furan rings is 1. The van der Waals surface area contributed by atoms with Gasteiger partial charge < -0.3 is 14.9 Å². The van der Waals surface area contributed by atoms with Gasteiger partial charge in [-0.1, -0.05) is 11.6 Å². The van der Waals surface area contributed by atoms with Gasteiger partial charge in [0.2, 0.25) is 0 Å². The Morgan fingerprint density at radius 1 is 1.42 bits per heavy atom. The lowest BCUT2D eigenvalue weighted by atomic mass is 10.0. The zero-order valence-corrected chi connectivity index (χ0v) is 11.7. The van der Waals surface area contributed by atoms with Gasteiger partial charge in [-0.25, -0.2) is 0 Å². The number of hydrogen-bond acceptors (Lipinski definition) is 3. The van der Waals surface area contributed by atoms with Crippen molar-refractivity contribution in [3.05, 3.63) is 35.0 Å². The third-order valence-electron chi connectivity index (χ3n) is 3.63. The van der Waals surface area contributed by atoms with Crippen molar-refractivity contribution in [2.75, 3.05) is 6.61 Å². The third-order valence-corrected chi connectivity index (χ3v) is 3.86. The maximum absolute atomic E-state index is 6.32. The molecule has 1 aromatic heterocycles. The van der Waals surface area contributed by atoms with E-state index in [-0.39, 0.29) is 12.1 Å². The number of halogens is 1. The van der Waals surface area contributed by atoms with Crippen molar-refractivity contribution in [2.45, 2.75) is 31.9 Å². The fourth-order valence-corrected chi connectivity index (χ4v) is 2.69. The fraction of sp³-hybridized carbons (Fsp3) is 0.467. The Labute approximate surface area is 117 Å². The molecular formula is C15H18ClNO2. The molecule has 1 heterocycles. The van der Waals surface area contributed by atoms with E-state index in [1.165, 1.54) is 12.8 Å². The van der Waals surface area contributed by atoms with Crippen LogP contribution in [0.1, 0.15) is 31.6 Å². The number of rotatable bonds is 5. The van der Waals surface area contributed by atoms with Gasteiger partial charge in [-0.2, -0.15) is 0 Å². The lowest BCUT2D eigenvalue weighted by molar-refractivity contribution is 0.0238. The third kappa shape index (κ3) is 2.64. The van der Waals surface area contributed by atoms with Gasteiger partial charge in [0.15, 0.2) is 0 Å². The molecule has 4 heteroatoms. The molecule has 0 saturated heterocycles. The number of ether oxygens (including phenoxy) is 1. The first-order chi connectivity index (χ1) is 9.19. The van der Waals surface area contributed by atoms with Crippen LogP contribution in [0.4, 0.5) is 0 Å². The smallest absolute Gasteiger partial charge is 0.134 e. The maximum Gasteiger partial charge on any atom is 0.134 e. The molecule has 0 amide bonds. The van der Waals surface area contributed by atoms with E-state index in [9.17, 15) is 0 Å². The highest BCUT2D eigenvalue weighted by molar-refractivity contribution is 6.31. The molecule has 102 valence electrons. The maximum atomic E-state index is 6.32. The number of benzene rings is 1. The summed E-state index contributed by atoms with van der Waals surface area (Å²) in [5.74, 6) is 1.36. The first-order valence-electron chi connectivity index (χ1n) is 6.75. The van der Waals surface area contributed by atoms with E-state index in [2.05, 4.69) is 0 Å². The first-order valence-corrected chi connectivity index (χ1v) is 7.13. The van der Waals surface area contributed by atoms with Crippen LogP contribution in [0.3, 0.4) is 0 Å². The minimum Gasteiger partial charge on any atom is -0.459 e. The lowest BCUT2D eigenvalue weighted by Gasteiger charge is -2.21. The van der Waals surface area contributed by atoms with E-state index in [0.29, 0.717) is 17.5 Å². The zero-order chi connectivity index (χ0) is 13.4. The molecule has 1 fully saturated rings. The van der Waals surface area contributed by atoms with Crippen molar-refractivity contribution in [2.24, 2.45) is 11.7 Å². The first kappa shape index (κ1) is 13.0. The Morgan fingerprint density at radius 3 is 2.89 bits per heavy atom. The van der Waals surface area contributed by atoms with E-state index >= 15 is 0 Å². The summed E-state index contributed by atoms with van der Waals surface area (Å²) in [7, 11) is 0. The van der Waals surface area contributed by atoms with Gasteiger partial charge in [-0.05, 0) is 49.9 Å². The predicted molar refractivity (Wildman–Crippen MR) is 76.3 cm³/mol. The standard InChI is InChI=1S/C15H18ClNO2/c1-2-18-15(9-3-4-9)14(17)13-8-10-7-11(16)5-6-12(10)19-13/h5-9,14-15H,2-4,17H2,1H3. The van der Waals surface area contributed by atoms with Crippen LogP contribution in [0.5, 0.6) is 0 Å². The molecule has 19 heavy (non-hydrogen) atoms. The second kappa shape index (κ2) is 5.16.